The van der Waals surface area contributed by atoms with Gasteiger partial charge in [0, 0.05) is 43.6 Å². The summed E-state index contributed by atoms with van der Waals surface area (Å²) in [6.45, 7) is 6.63. The highest BCUT2D eigenvalue weighted by Gasteiger charge is 2.36. The number of hydrogen-bond donors (Lipinski definition) is 1. The molecule has 1 saturated carbocycles. The fourth-order valence-corrected chi connectivity index (χ4v) is 4.72. The number of pyridine rings is 1. The van der Waals surface area contributed by atoms with Crippen molar-refractivity contribution in [1.82, 2.24) is 24.4 Å². The first-order valence-electron chi connectivity index (χ1n) is 13.3. The van der Waals surface area contributed by atoms with E-state index in [2.05, 4.69) is 25.9 Å². The van der Waals surface area contributed by atoms with Crippen LogP contribution in [0.15, 0.2) is 61.2 Å². The number of nitriles is 1. The molecular formula is C30H33N7O2. The molecule has 2 aliphatic rings. The van der Waals surface area contributed by atoms with Gasteiger partial charge >= 0.3 is 0 Å². The Morgan fingerprint density at radius 1 is 1.08 bits per heavy atom. The summed E-state index contributed by atoms with van der Waals surface area (Å²) in [4.78, 5) is 30.4. The van der Waals surface area contributed by atoms with Gasteiger partial charge in [-0.15, -0.1) is 0 Å². The Morgan fingerprint density at radius 2 is 1.82 bits per heavy atom. The van der Waals surface area contributed by atoms with Gasteiger partial charge in [0.1, 0.15) is 23.6 Å². The van der Waals surface area contributed by atoms with Crippen LogP contribution in [0.25, 0.3) is 28.0 Å². The molecule has 2 fully saturated rings. The summed E-state index contributed by atoms with van der Waals surface area (Å²) in [5.41, 5.74) is 1.75. The Hall–Kier alpha value is -4.29. The lowest BCUT2D eigenvalue weighted by Gasteiger charge is -2.42. The minimum atomic E-state index is -1.42. The topological polar surface area (TPSA) is 111 Å². The number of carbonyl (C=O) groups excluding carboxylic acids is 1. The molecule has 1 aliphatic carbocycles. The molecule has 0 spiro atoms. The Morgan fingerprint density at radius 3 is 2.46 bits per heavy atom. The molecule has 1 saturated heterocycles. The van der Waals surface area contributed by atoms with E-state index in [0.29, 0.717) is 36.7 Å². The lowest BCUT2D eigenvalue weighted by molar-refractivity contribution is -0.150. The van der Waals surface area contributed by atoms with Crippen molar-refractivity contribution in [2.24, 2.45) is 0 Å². The standard InChI is InChI=1S/C27H27N7O2.C3H6/c1-18-15-32(11-12-33(18)26(35)27(2,3)36)24-23-21(20-7-5-4-6-8-20)16-34(25(23)31-17-30-24)22-13-19(14-28)9-10-29-22;1-2-3-1/h4-10,13,16-18,36H,11-12,15H2,1-3H3;1-3H2. The molecule has 0 bridgehead atoms. The van der Waals surface area contributed by atoms with E-state index >= 15 is 0 Å². The van der Waals surface area contributed by atoms with E-state index in [1.165, 1.54) is 39.4 Å². The molecule has 9 heteroatoms. The fourth-order valence-electron chi connectivity index (χ4n) is 4.72. The Kier molecular flexibility index (Phi) is 7.31. The van der Waals surface area contributed by atoms with Crippen molar-refractivity contribution in [3.63, 3.8) is 0 Å². The third-order valence-corrected chi connectivity index (χ3v) is 6.83. The van der Waals surface area contributed by atoms with E-state index in [9.17, 15) is 15.2 Å². The number of rotatable bonds is 4. The van der Waals surface area contributed by atoms with Crippen molar-refractivity contribution in [3.8, 4) is 23.0 Å². The van der Waals surface area contributed by atoms with E-state index in [-0.39, 0.29) is 11.9 Å². The third-order valence-electron chi connectivity index (χ3n) is 6.83. The molecule has 1 atom stereocenters. The number of carbonyl (C=O) groups is 1. The second-order valence-electron chi connectivity index (χ2n) is 10.6. The van der Waals surface area contributed by atoms with Gasteiger partial charge in [-0.1, -0.05) is 49.6 Å². The van der Waals surface area contributed by atoms with Crippen LogP contribution in [0, 0.1) is 11.3 Å². The second-order valence-corrected chi connectivity index (χ2v) is 10.6. The zero-order valence-corrected chi connectivity index (χ0v) is 22.6. The summed E-state index contributed by atoms with van der Waals surface area (Å²) in [7, 11) is 0. The van der Waals surface area contributed by atoms with Crippen LogP contribution < -0.4 is 4.90 Å². The SMILES string of the molecule is C1CC1.CC1CN(c2ncnc3c2c(-c2ccccc2)cn3-c2cc(C#N)ccn2)CCN1C(=O)C(C)(C)O. The van der Waals surface area contributed by atoms with Crippen molar-refractivity contribution in [1.29, 1.82) is 5.26 Å². The Bertz CT molecular complexity index is 1510. The molecule has 1 N–H and O–H groups in total. The molecule has 9 nitrogen and oxygen atoms in total. The number of aromatic nitrogens is 4. The van der Waals surface area contributed by atoms with E-state index in [0.717, 1.165) is 22.3 Å². The minimum absolute atomic E-state index is 0.112. The monoisotopic (exact) mass is 523 g/mol. The minimum Gasteiger partial charge on any atom is -0.381 e. The van der Waals surface area contributed by atoms with Crippen molar-refractivity contribution >= 4 is 22.8 Å². The van der Waals surface area contributed by atoms with Gasteiger partial charge in [0.25, 0.3) is 5.91 Å². The number of anilines is 1. The van der Waals surface area contributed by atoms with Gasteiger partial charge in [-0.05, 0) is 38.5 Å². The van der Waals surface area contributed by atoms with Gasteiger partial charge in [0.2, 0.25) is 0 Å². The maximum Gasteiger partial charge on any atom is 0.254 e. The molecule has 1 aliphatic heterocycles. The summed E-state index contributed by atoms with van der Waals surface area (Å²) >= 11 is 0. The molecular weight excluding hydrogens is 490 g/mol. The first-order valence-corrected chi connectivity index (χ1v) is 13.3. The normalized spacial score (nSPS) is 16.8. The average molecular weight is 524 g/mol. The zero-order chi connectivity index (χ0) is 27.6. The van der Waals surface area contributed by atoms with Crippen molar-refractivity contribution < 1.29 is 9.90 Å². The average Bonchev–Trinajstić information content (AvgIpc) is 3.79. The first kappa shape index (κ1) is 26.3. The highest BCUT2D eigenvalue weighted by molar-refractivity contribution is 6.02. The van der Waals surface area contributed by atoms with E-state index in [1.54, 1.807) is 23.2 Å². The molecule has 39 heavy (non-hydrogen) atoms. The van der Waals surface area contributed by atoms with Crippen LogP contribution in [0.1, 0.15) is 45.6 Å². The van der Waals surface area contributed by atoms with Gasteiger partial charge in [0.05, 0.1) is 17.0 Å². The molecule has 4 heterocycles. The molecule has 1 unspecified atom stereocenters. The quantitative estimate of drug-likeness (QED) is 0.424. The number of fused-ring (bicyclic) bond motifs is 1. The van der Waals surface area contributed by atoms with Crippen molar-refractivity contribution in [2.45, 2.75) is 51.7 Å². The van der Waals surface area contributed by atoms with E-state index in [4.69, 9.17) is 0 Å². The number of benzene rings is 1. The number of piperazine rings is 1. The molecule has 1 amide bonds. The summed E-state index contributed by atoms with van der Waals surface area (Å²) in [5.74, 6) is 1.10. The number of hydrogen-bond acceptors (Lipinski definition) is 7. The largest absolute Gasteiger partial charge is 0.381 e. The van der Waals surface area contributed by atoms with Gasteiger partial charge < -0.3 is 14.9 Å². The first-order chi connectivity index (χ1) is 18.8. The summed E-state index contributed by atoms with van der Waals surface area (Å²) in [5, 5.41) is 20.5. The number of amides is 1. The smallest absolute Gasteiger partial charge is 0.254 e. The lowest BCUT2D eigenvalue weighted by Crippen LogP contribution is -2.58. The zero-order valence-electron chi connectivity index (χ0n) is 22.6. The maximum absolute atomic E-state index is 12.7. The molecule has 4 aromatic rings. The number of nitrogens with zero attached hydrogens (tertiary/aromatic N) is 7. The van der Waals surface area contributed by atoms with Crippen LogP contribution in [0.3, 0.4) is 0 Å². The van der Waals surface area contributed by atoms with Crippen LogP contribution >= 0.6 is 0 Å². The van der Waals surface area contributed by atoms with Gasteiger partial charge in [-0.3, -0.25) is 9.36 Å². The van der Waals surface area contributed by atoms with Crippen LogP contribution in [-0.4, -0.2) is 66.7 Å². The number of aliphatic hydroxyl groups is 1. The summed E-state index contributed by atoms with van der Waals surface area (Å²) in [6, 6.07) is 15.5. The van der Waals surface area contributed by atoms with Crippen LogP contribution in [0.5, 0.6) is 0 Å². The molecule has 6 rings (SSSR count). The van der Waals surface area contributed by atoms with Crippen molar-refractivity contribution in [2.75, 3.05) is 24.5 Å². The molecule has 1 aromatic carbocycles. The van der Waals surface area contributed by atoms with Crippen LogP contribution in [0.4, 0.5) is 5.82 Å². The Balaban J connectivity index is 0.000000962. The van der Waals surface area contributed by atoms with E-state index < -0.39 is 5.60 Å². The van der Waals surface area contributed by atoms with Crippen molar-refractivity contribution in [3.05, 3.63) is 66.7 Å². The second kappa shape index (κ2) is 10.8. The molecule has 0 radical (unpaired) electrons. The highest BCUT2D eigenvalue weighted by Crippen LogP contribution is 2.37. The Labute approximate surface area is 228 Å². The van der Waals surface area contributed by atoms with Gasteiger partial charge in [0.15, 0.2) is 5.65 Å². The highest BCUT2D eigenvalue weighted by atomic mass is 16.3. The molecule has 3 aromatic heterocycles. The maximum atomic E-state index is 12.7. The van der Waals surface area contributed by atoms with Gasteiger partial charge in [-0.2, -0.15) is 5.26 Å². The third kappa shape index (κ3) is 5.61. The predicted octanol–water partition coefficient (Wildman–Crippen LogP) is 4.33. The van der Waals surface area contributed by atoms with E-state index in [1.807, 2.05) is 48.0 Å². The molecule has 200 valence electrons. The van der Waals surface area contributed by atoms with Gasteiger partial charge in [-0.25, -0.2) is 15.0 Å². The van der Waals surface area contributed by atoms with Crippen LogP contribution in [0.2, 0.25) is 0 Å². The predicted molar refractivity (Wildman–Crippen MR) is 150 cm³/mol. The lowest BCUT2D eigenvalue weighted by atomic mass is 10.0. The van der Waals surface area contributed by atoms with Crippen LogP contribution in [-0.2, 0) is 4.79 Å². The summed E-state index contributed by atoms with van der Waals surface area (Å²) in [6.07, 6.45) is 9.64. The fraction of sp³-hybridized carbons (Fsp3) is 0.367. The summed E-state index contributed by atoms with van der Waals surface area (Å²) < 4.78 is 1.89.